The van der Waals surface area contributed by atoms with E-state index >= 15 is 0 Å². The van der Waals surface area contributed by atoms with E-state index in [9.17, 15) is 0 Å². The molecule has 0 saturated carbocycles. The zero-order valence-corrected chi connectivity index (χ0v) is 27.2. The molecule has 11 rings (SSSR count). The molecular weight excluding hydrogens is 605 g/mol. The van der Waals surface area contributed by atoms with Gasteiger partial charge in [-0.1, -0.05) is 121 Å². The summed E-state index contributed by atoms with van der Waals surface area (Å²) in [7, 11) is 0. The minimum atomic E-state index is 1.18. The van der Waals surface area contributed by atoms with Crippen molar-refractivity contribution in [1.29, 1.82) is 0 Å². The van der Waals surface area contributed by atoms with Gasteiger partial charge in [0.25, 0.3) is 0 Å². The van der Waals surface area contributed by atoms with Crippen LogP contribution in [0.2, 0.25) is 0 Å². The molecule has 9 aromatic carbocycles. The first-order valence-electron chi connectivity index (χ1n) is 17.3. The van der Waals surface area contributed by atoms with Crippen molar-refractivity contribution in [2.75, 3.05) is 0 Å². The van der Waals surface area contributed by atoms with Gasteiger partial charge in [0.05, 0.1) is 22.1 Å². The monoisotopic (exact) mass is 634 g/mol. The van der Waals surface area contributed by atoms with Gasteiger partial charge >= 0.3 is 0 Å². The maximum Gasteiger partial charge on any atom is 0.0547 e. The molecule has 0 bridgehead atoms. The van der Waals surface area contributed by atoms with Crippen molar-refractivity contribution in [2.24, 2.45) is 0 Å². The molecule has 0 fully saturated rings. The minimum absolute atomic E-state index is 1.18. The maximum atomic E-state index is 2.45. The number of hydrogen-bond donors (Lipinski definition) is 0. The SMILES string of the molecule is c1ccc(-n2c3ccccc3c3cc(-c4ccc5c(ccc6c5c5c7ccccc7ccc5n6-c5ccc6ccccc6c5)c4)ccc32)cc1. The summed E-state index contributed by atoms with van der Waals surface area (Å²) >= 11 is 0. The third-order valence-corrected chi connectivity index (χ3v) is 10.6. The second-order valence-corrected chi connectivity index (χ2v) is 13.4. The quantitative estimate of drug-likeness (QED) is 0.183. The summed E-state index contributed by atoms with van der Waals surface area (Å²) in [6.07, 6.45) is 0. The van der Waals surface area contributed by atoms with E-state index in [2.05, 4.69) is 191 Å². The number of rotatable bonds is 3. The zero-order chi connectivity index (χ0) is 32.8. The number of hydrogen-bond acceptors (Lipinski definition) is 0. The third kappa shape index (κ3) is 3.90. The summed E-state index contributed by atoms with van der Waals surface area (Å²) < 4.78 is 4.83. The molecule has 0 aliphatic carbocycles. The maximum absolute atomic E-state index is 2.45. The van der Waals surface area contributed by atoms with Gasteiger partial charge in [-0.25, -0.2) is 0 Å². The molecular formula is C48H30N2. The minimum Gasteiger partial charge on any atom is -0.309 e. The van der Waals surface area contributed by atoms with Crippen LogP contribution < -0.4 is 0 Å². The number of fused-ring (bicyclic) bond motifs is 11. The van der Waals surface area contributed by atoms with Crippen LogP contribution in [-0.2, 0) is 0 Å². The summed E-state index contributed by atoms with van der Waals surface area (Å²) in [6, 6.07) is 66.8. The average molecular weight is 635 g/mol. The Morgan fingerprint density at radius 2 is 0.820 bits per heavy atom. The molecule has 232 valence electrons. The summed E-state index contributed by atoms with van der Waals surface area (Å²) in [4.78, 5) is 0. The highest BCUT2D eigenvalue weighted by molar-refractivity contribution is 6.28. The lowest BCUT2D eigenvalue weighted by molar-refractivity contribution is 1.18. The molecule has 0 saturated heterocycles. The van der Waals surface area contributed by atoms with E-state index in [-0.39, 0.29) is 0 Å². The van der Waals surface area contributed by atoms with E-state index in [1.54, 1.807) is 0 Å². The van der Waals surface area contributed by atoms with Crippen LogP contribution in [0.1, 0.15) is 0 Å². The summed E-state index contributed by atoms with van der Waals surface area (Å²) in [5.74, 6) is 0. The van der Waals surface area contributed by atoms with Gasteiger partial charge in [-0.05, 0) is 104 Å². The van der Waals surface area contributed by atoms with Crippen molar-refractivity contribution in [3.63, 3.8) is 0 Å². The van der Waals surface area contributed by atoms with Crippen LogP contribution in [0.25, 0.3) is 98.4 Å². The van der Waals surface area contributed by atoms with E-state index in [1.165, 1.54) is 98.4 Å². The Kier molecular flexibility index (Phi) is 5.70. The molecule has 0 spiro atoms. The van der Waals surface area contributed by atoms with Crippen LogP contribution in [-0.4, -0.2) is 9.13 Å². The molecule has 2 heterocycles. The van der Waals surface area contributed by atoms with E-state index in [1.807, 2.05) is 0 Å². The normalized spacial score (nSPS) is 12.0. The molecule has 0 aliphatic heterocycles. The van der Waals surface area contributed by atoms with Crippen LogP contribution >= 0.6 is 0 Å². The van der Waals surface area contributed by atoms with Crippen molar-refractivity contribution in [1.82, 2.24) is 9.13 Å². The third-order valence-electron chi connectivity index (χ3n) is 10.6. The fourth-order valence-corrected chi connectivity index (χ4v) is 8.39. The lowest BCUT2D eigenvalue weighted by Gasteiger charge is -2.10. The topological polar surface area (TPSA) is 9.86 Å². The van der Waals surface area contributed by atoms with Gasteiger partial charge in [0, 0.05) is 32.9 Å². The second-order valence-electron chi connectivity index (χ2n) is 13.4. The predicted molar refractivity (Wildman–Crippen MR) is 213 cm³/mol. The van der Waals surface area contributed by atoms with Crippen LogP contribution in [0.15, 0.2) is 182 Å². The highest BCUT2D eigenvalue weighted by Crippen LogP contribution is 2.42. The lowest BCUT2D eigenvalue weighted by atomic mass is 9.96. The number of aromatic nitrogens is 2. The van der Waals surface area contributed by atoms with Gasteiger partial charge in [-0.15, -0.1) is 0 Å². The molecule has 0 unspecified atom stereocenters. The number of nitrogens with zero attached hydrogens (tertiary/aromatic N) is 2. The largest absolute Gasteiger partial charge is 0.309 e. The van der Waals surface area contributed by atoms with E-state index in [0.29, 0.717) is 0 Å². The highest BCUT2D eigenvalue weighted by Gasteiger charge is 2.18. The Morgan fingerprint density at radius 1 is 0.260 bits per heavy atom. The molecule has 2 heteroatoms. The van der Waals surface area contributed by atoms with E-state index in [4.69, 9.17) is 0 Å². The highest BCUT2D eigenvalue weighted by atomic mass is 15.0. The first-order valence-corrected chi connectivity index (χ1v) is 17.3. The Hall–Kier alpha value is -6.64. The lowest BCUT2D eigenvalue weighted by Crippen LogP contribution is -1.94. The molecule has 0 atom stereocenters. The van der Waals surface area contributed by atoms with Gasteiger partial charge in [0.2, 0.25) is 0 Å². The van der Waals surface area contributed by atoms with Gasteiger partial charge < -0.3 is 9.13 Å². The Labute approximate surface area is 288 Å². The Balaban J connectivity index is 1.15. The van der Waals surface area contributed by atoms with Crippen LogP contribution in [0.3, 0.4) is 0 Å². The van der Waals surface area contributed by atoms with Crippen molar-refractivity contribution < 1.29 is 0 Å². The summed E-state index contributed by atoms with van der Waals surface area (Å²) in [6.45, 7) is 0. The zero-order valence-electron chi connectivity index (χ0n) is 27.2. The fraction of sp³-hybridized carbons (Fsp3) is 0. The number of para-hydroxylation sites is 2. The van der Waals surface area contributed by atoms with Gasteiger partial charge in [0.1, 0.15) is 0 Å². The Bertz CT molecular complexity index is 3140. The fourth-order valence-electron chi connectivity index (χ4n) is 8.39. The summed E-state index contributed by atoms with van der Waals surface area (Å²) in [5.41, 5.74) is 9.69. The van der Waals surface area contributed by atoms with Gasteiger partial charge in [0.15, 0.2) is 0 Å². The van der Waals surface area contributed by atoms with Crippen molar-refractivity contribution in [2.45, 2.75) is 0 Å². The first-order chi connectivity index (χ1) is 24.8. The van der Waals surface area contributed by atoms with Crippen molar-refractivity contribution >= 4 is 75.9 Å². The molecule has 11 aromatic rings. The predicted octanol–water partition coefficient (Wildman–Crippen LogP) is 13.0. The van der Waals surface area contributed by atoms with Gasteiger partial charge in [-0.3, -0.25) is 0 Å². The second kappa shape index (κ2) is 10.4. The standard InChI is InChI=1S/C48H30N2/c1-2-13-37(14-3-1)49-43-17-9-8-16-41(43)42-30-35(21-25-44(42)49)34-19-24-40-36(28-34)22-27-46-48(40)47-39-15-7-6-11-32(39)20-26-45(47)50(46)38-23-18-31-10-4-5-12-33(31)29-38/h1-30H. The molecule has 2 nitrogen and oxygen atoms in total. The van der Waals surface area contributed by atoms with Crippen LogP contribution in [0, 0.1) is 0 Å². The van der Waals surface area contributed by atoms with Crippen molar-refractivity contribution in [3.05, 3.63) is 182 Å². The molecule has 0 radical (unpaired) electrons. The van der Waals surface area contributed by atoms with E-state index in [0.717, 1.165) is 0 Å². The molecule has 2 aromatic heterocycles. The number of benzene rings is 9. The average Bonchev–Trinajstić information content (AvgIpc) is 3.71. The van der Waals surface area contributed by atoms with Crippen molar-refractivity contribution in [3.8, 4) is 22.5 Å². The van der Waals surface area contributed by atoms with Gasteiger partial charge in [-0.2, -0.15) is 0 Å². The first kappa shape index (κ1) is 27.3. The van der Waals surface area contributed by atoms with Crippen LogP contribution in [0.5, 0.6) is 0 Å². The van der Waals surface area contributed by atoms with Crippen LogP contribution in [0.4, 0.5) is 0 Å². The summed E-state index contributed by atoms with van der Waals surface area (Å²) in [5, 5.41) is 12.7. The molecule has 0 aliphatic rings. The Morgan fingerprint density at radius 3 is 1.66 bits per heavy atom. The van der Waals surface area contributed by atoms with E-state index < -0.39 is 0 Å². The molecule has 50 heavy (non-hydrogen) atoms. The molecule has 0 amide bonds. The molecule has 0 N–H and O–H groups in total. The smallest absolute Gasteiger partial charge is 0.0547 e.